The SMILES string of the molecule is N/N=C1\C[C@@H](C(=O)O)[C@@H]2c3ccccc3-c3cccc1c32. The number of carboxylic acid groups (broad SMARTS) is 1. The van der Waals surface area contributed by atoms with Gasteiger partial charge in [-0.3, -0.25) is 4.79 Å². The van der Waals surface area contributed by atoms with E-state index in [4.69, 9.17) is 5.84 Å². The molecule has 0 aromatic heterocycles. The molecule has 0 aliphatic heterocycles. The van der Waals surface area contributed by atoms with Gasteiger partial charge in [-0.1, -0.05) is 42.5 Å². The number of fused-ring (bicyclic) bond motifs is 3. The normalized spacial score (nSPS) is 23.7. The first-order valence-electron chi connectivity index (χ1n) is 6.94. The summed E-state index contributed by atoms with van der Waals surface area (Å²) < 4.78 is 0. The molecule has 0 heterocycles. The third kappa shape index (κ3) is 1.50. The summed E-state index contributed by atoms with van der Waals surface area (Å²) in [5.74, 6) is 4.09. The Labute approximate surface area is 121 Å². The van der Waals surface area contributed by atoms with E-state index in [-0.39, 0.29) is 5.92 Å². The van der Waals surface area contributed by atoms with E-state index >= 15 is 0 Å². The Balaban J connectivity index is 2.07. The largest absolute Gasteiger partial charge is 0.481 e. The molecule has 104 valence electrons. The molecule has 21 heavy (non-hydrogen) atoms. The van der Waals surface area contributed by atoms with Crippen molar-refractivity contribution in [2.24, 2.45) is 16.9 Å². The van der Waals surface area contributed by atoms with Crippen LogP contribution in [0.4, 0.5) is 0 Å². The lowest BCUT2D eigenvalue weighted by atomic mass is 9.73. The van der Waals surface area contributed by atoms with Crippen LogP contribution in [0.1, 0.15) is 29.0 Å². The maximum atomic E-state index is 11.7. The number of aliphatic carboxylic acids is 1. The smallest absolute Gasteiger partial charge is 0.307 e. The highest BCUT2D eigenvalue weighted by atomic mass is 16.4. The number of hydrazone groups is 1. The molecular formula is C17H14N2O2. The van der Waals surface area contributed by atoms with Gasteiger partial charge < -0.3 is 10.9 Å². The summed E-state index contributed by atoms with van der Waals surface area (Å²) in [6.45, 7) is 0. The Hall–Kier alpha value is -2.62. The third-order valence-corrected chi connectivity index (χ3v) is 4.60. The van der Waals surface area contributed by atoms with Gasteiger partial charge in [0.15, 0.2) is 0 Å². The number of benzene rings is 2. The molecule has 0 unspecified atom stereocenters. The third-order valence-electron chi connectivity index (χ3n) is 4.60. The number of hydrogen-bond donors (Lipinski definition) is 2. The molecule has 2 aromatic carbocycles. The van der Waals surface area contributed by atoms with Crippen LogP contribution in [0.3, 0.4) is 0 Å². The molecule has 2 aromatic rings. The average molecular weight is 278 g/mol. The Bertz CT molecular complexity index is 795. The van der Waals surface area contributed by atoms with E-state index in [1.54, 1.807) is 0 Å². The van der Waals surface area contributed by atoms with Crippen molar-refractivity contribution in [1.29, 1.82) is 0 Å². The number of rotatable bonds is 1. The lowest BCUT2D eigenvalue weighted by molar-refractivity contribution is -0.142. The fourth-order valence-electron chi connectivity index (χ4n) is 3.76. The lowest BCUT2D eigenvalue weighted by Gasteiger charge is -2.29. The standard InChI is InChI=1S/C17H14N2O2/c18-19-14-8-13(17(20)21)16-10-5-2-1-4-9(10)11-6-3-7-12(14)15(11)16/h1-7,13,16H,8,18H2,(H,20,21)/b19-14+/t13-,16+/m1/s1. The van der Waals surface area contributed by atoms with Crippen LogP contribution in [-0.2, 0) is 4.79 Å². The van der Waals surface area contributed by atoms with Gasteiger partial charge in [0.2, 0.25) is 0 Å². The van der Waals surface area contributed by atoms with Crippen LogP contribution in [0.2, 0.25) is 0 Å². The molecule has 0 radical (unpaired) electrons. The van der Waals surface area contributed by atoms with Gasteiger partial charge in [-0.2, -0.15) is 5.10 Å². The van der Waals surface area contributed by atoms with Crippen molar-refractivity contribution >= 4 is 11.7 Å². The minimum absolute atomic E-state index is 0.101. The van der Waals surface area contributed by atoms with Gasteiger partial charge >= 0.3 is 5.97 Å². The van der Waals surface area contributed by atoms with Gasteiger partial charge in [0.05, 0.1) is 11.6 Å². The monoisotopic (exact) mass is 278 g/mol. The highest BCUT2D eigenvalue weighted by Gasteiger charge is 2.43. The minimum Gasteiger partial charge on any atom is -0.481 e. The number of carboxylic acids is 1. The van der Waals surface area contributed by atoms with Crippen molar-refractivity contribution in [2.75, 3.05) is 0 Å². The average Bonchev–Trinajstić information content (AvgIpc) is 2.85. The van der Waals surface area contributed by atoms with Crippen LogP contribution in [0, 0.1) is 5.92 Å². The summed E-state index contributed by atoms with van der Waals surface area (Å²) in [5, 5.41) is 13.5. The van der Waals surface area contributed by atoms with Crippen LogP contribution >= 0.6 is 0 Å². The molecule has 3 N–H and O–H groups in total. The van der Waals surface area contributed by atoms with E-state index in [1.807, 2.05) is 30.3 Å². The number of nitrogens with zero attached hydrogens (tertiary/aromatic N) is 1. The number of carbonyl (C=O) groups is 1. The lowest BCUT2D eigenvalue weighted by Crippen LogP contribution is -2.31. The van der Waals surface area contributed by atoms with Crippen molar-refractivity contribution in [3.8, 4) is 11.1 Å². The van der Waals surface area contributed by atoms with Crippen LogP contribution in [0.15, 0.2) is 47.6 Å². The molecule has 0 saturated heterocycles. The fourth-order valence-corrected chi connectivity index (χ4v) is 3.76. The highest BCUT2D eigenvalue weighted by Crippen LogP contribution is 2.53. The summed E-state index contributed by atoms with van der Waals surface area (Å²) in [4.78, 5) is 11.7. The van der Waals surface area contributed by atoms with Gasteiger partial charge in [0, 0.05) is 17.9 Å². The van der Waals surface area contributed by atoms with Gasteiger partial charge in [0.1, 0.15) is 0 Å². The fraction of sp³-hybridized carbons (Fsp3) is 0.176. The summed E-state index contributed by atoms with van der Waals surface area (Å²) in [6, 6.07) is 14.1. The van der Waals surface area contributed by atoms with Crippen molar-refractivity contribution < 1.29 is 9.90 Å². The topological polar surface area (TPSA) is 75.7 Å². The first-order valence-corrected chi connectivity index (χ1v) is 6.94. The second-order valence-electron chi connectivity index (χ2n) is 5.56. The molecule has 0 saturated carbocycles. The molecule has 0 bridgehead atoms. The predicted octanol–water partition coefficient (Wildman–Crippen LogP) is 2.57. The first kappa shape index (κ1) is 12.1. The van der Waals surface area contributed by atoms with Gasteiger partial charge in [-0.05, 0) is 22.3 Å². The molecular weight excluding hydrogens is 264 g/mol. The van der Waals surface area contributed by atoms with Crippen LogP contribution in [-0.4, -0.2) is 16.8 Å². The molecule has 2 aliphatic carbocycles. The van der Waals surface area contributed by atoms with Crippen LogP contribution in [0.25, 0.3) is 11.1 Å². The van der Waals surface area contributed by atoms with E-state index in [0.29, 0.717) is 12.1 Å². The molecule has 2 atom stereocenters. The van der Waals surface area contributed by atoms with Gasteiger partial charge in [-0.25, -0.2) is 0 Å². The molecule has 4 heteroatoms. The van der Waals surface area contributed by atoms with Gasteiger partial charge in [-0.15, -0.1) is 0 Å². The zero-order valence-corrected chi connectivity index (χ0v) is 11.3. The summed E-state index contributed by atoms with van der Waals surface area (Å²) in [7, 11) is 0. The first-order chi connectivity index (χ1) is 10.2. The van der Waals surface area contributed by atoms with E-state index in [0.717, 1.165) is 27.8 Å². The van der Waals surface area contributed by atoms with Crippen molar-refractivity contribution in [3.63, 3.8) is 0 Å². The predicted molar refractivity (Wildman–Crippen MR) is 80.2 cm³/mol. The van der Waals surface area contributed by atoms with Crippen LogP contribution < -0.4 is 5.84 Å². The second kappa shape index (κ2) is 4.19. The van der Waals surface area contributed by atoms with E-state index in [9.17, 15) is 9.90 Å². The van der Waals surface area contributed by atoms with Crippen molar-refractivity contribution in [1.82, 2.24) is 0 Å². The highest BCUT2D eigenvalue weighted by molar-refractivity contribution is 6.08. The zero-order chi connectivity index (χ0) is 14.6. The number of hydrogen-bond acceptors (Lipinski definition) is 3. The molecule has 4 rings (SSSR count). The summed E-state index contributed by atoms with van der Waals surface area (Å²) in [5.41, 5.74) is 6.09. The molecule has 2 aliphatic rings. The molecule has 0 amide bonds. The Morgan fingerprint density at radius 3 is 2.57 bits per heavy atom. The second-order valence-corrected chi connectivity index (χ2v) is 5.56. The van der Waals surface area contributed by atoms with Crippen molar-refractivity contribution in [2.45, 2.75) is 12.3 Å². The van der Waals surface area contributed by atoms with Crippen molar-refractivity contribution in [3.05, 3.63) is 59.2 Å². The maximum Gasteiger partial charge on any atom is 0.307 e. The number of nitrogens with two attached hydrogens (primary N) is 1. The summed E-state index contributed by atoms with van der Waals surface area (Å²) in [6.07, 6.45) is 0.376. The Kier molecular flexibility index (Phi) is 2.42. The quantitative estimate of drug-likeness (QED) is 0.621. The van der Waals surface area contributed by atoms with E-state index in [1.165, 1.54) is 0 Å². The van der Waals surface area contributed by atoms with Gasteiger partial charge in [0.25, 0.3) is 0 Å². The Morgan fingerprint density at radius 2 is 1.81 bits per heavy atom. The Morgan fingerprint density at radius 1 is 1.10 bits per heavy atom. The molecule has 0 fully saturated rings. The summed E-state index contributed by atoms with van der Waals surface area (Å²) >= 11 is 0. The minimum atomic E-state index is -0.793. The van der Waals surface area contributed by atoms with E-state index < -0.39 is 11.9 Å². The maximum absolute atomic E-state index is 11.7. The zero-order valence-electron chi connectivity index (χ0n) is 11.3. The molecule has 0 spiro atoms. The van der Waals surface area contributed by atoms with Crippen LogP contribution in [0.5, 0.6) is 0 Å². The van der Waals surface area contributed by atoms with E-state index in [2.05, 4.69) is 17.2 Å². The molecule has 4 nitrogen and oxygen atoms in total.